The van der Waals surface area contributed by atoms with Gasteiger partial charge < -0.3 is 0 Å². The Hall–Kier alpha value is -1.72. The Kier molecular flexibility index (Phi) is 4.50. The number of pyridine rings is 1. The van der Waals surface area contributed by atoms with Crippen molar-refractivity contribution in [3.05, 3.63) is 59.4 Å². The topological polar surface area (TPSA) is 50.3 Å². The van der Waals surface area contributed by atoms with Crippen molar-refractivity contribution in [3.63, 3.8) is 0 Å². The Morgan fingerprint density at radius 1 is 1.04 bits per heavy atom. The lowest BCUT2D eigenvalue weighted by atomic mass is 10.0. The molecule has 1 fully saturated rings. The van der Waals surface area contributed by atoms with Crippen LogP contribution in [0.25, 0.3) is 0 Å². The molecule has 1 aliphatic heterocycles. The quantitative estimate of drug-likeness (QED) is 0.864. The highest BCUT2D eigenvalue weighted by Crippen LogP contribution is 2.34. The summed E-state index contributed by atoms with van der Waals surface area (Å²) in [6.45, 7) is 4.44. The van der Waals surface area contributed by atoms with E-state index in [0.29, 0.717) is 11.4 Å². The molecule has 0 N–H and O–H groups in total. The minimum absolute atomic E-state index is 0.171. The standard InChI is InChI=1S/C18H22N2O2S/c1-14-9-11-16(12-10-14)23(21,22)20-13-4-3-8-18(20)17-7-5-6-15(2)19-17/h5-7,9-12,18H,3-4,8,13H2,1-2H3/t18-/m0/s1. The Balaban J connectivity index is 1.99. The molecule has 1 atom stereocenters. The number of benzene rings is 1. The molecule has 0 unspecified atom stereocenters. The number of sulfonamides is 1. The molecule has 23 heavy (non-hydrogen) atoms. The third-order valence-electron chi connectivity index (χ3n) is 4.33. The zero-order valence-corrected chi connectivity index (χ0v) is 14.4. The fourth-order valence-corrected chi connectivity index (χ4v) is 4.75. The van der Waals surface area contributed by atoms with Crippen LogP contribution < -0.4 is 0 Å². The van der Waals surface area contributed by atoms with E-state index in [0.717, 1.165) is 36.2 Å². The molecule has 1 saturated heterocycles. The summed E-state index contributed by atoms with van der Waals surface area (Å²) in [6, 6.07) is 12.7. The van der Waals surface area contributed by atoms with Crippen LogP contribution in [0.15, 0.2) is 47.4 Å². The lowest BCUT2D eigenvalue weighted by Crippen LogP contribution is -2.38. The summed E-state index contributed by atoms with van der Waals surface area (Å²) in [5.74, 6) is 0. The van der Waals surface area contributed by atoms with Crippen molar-refractivity contribution in [2.45, 2.75) is 44.0 Å². The fraction of sp³-hybridized carbons (Fsp3) is 0.389. The molecule has 0 bridgehead atoms. The third-order valence-corrected chi connectivity index (χ3v) is 6.25. The van der Waals surface area contributed by atoms with Crippen LogP contribution in [-0.2, 0) is 10.0 Å². The summed E-state index contributed by atoms with van der Waals surface area (Å²) >= 11 is 0. The van der Waals surface area contributed by atoms with Gasteiger partial charge in [-0.05, 0) is 51.0 Å². The summed E-state index contributed by atoms with van der Waals surface area (Å²) in [5, 5.41) is 0. The van der Waals surface area contributed by atoms with Gasteiger partial charge in [-0.1, -0.05) is 30.2 Å². The number of hydrogen-bond donors (Lipinski definition) is 0. The van der Waals surface area contributed by atoms with E-state index >= 15 is 0 Å². The van der Waals surface area contributed by atoms with Crippen LogP contribution in [0.4, 0.5) is 0 Å². The molecule has 0 radical (unpaired) electrons. The first kappa shape index (κ1) is 16.1. The van der Waals surface area contributed by atoms with E-state index in [-0.39, 0.29) is 6.04 Å². The van der Waals surface area contributed by atoms with E-state index in [1.807, 2.05) is 44.2 Å². The van der Waals surface area contributed by atoms with Gasteiger partial charge >= 0.3 is 0 Å². The second-order valence-corrected chi connectivity index (χ2v) is 8.03. The first-order valence-corrected chi connectivity index (χ1v) is 9.44. The van der Waals surface area contributed by atoms with E-state index in [1.165, 1.54) is 0 Å². The zero-order valence-electron chi connectivity index (χ0n) is 13.6. The van der Waals surface area contributed by atoms with E-state index in [4.69, 9.17) is 0 Å². The lowest BCUT2D eigenvalue weighted by molar-refractivity contribution is 0.251. The van der Waals surface area contributed by atoms with Crippen LogP contribution in [0.5, 0.6) is 0 Å². The van der Waals surface area contributed by atoms with E-state index in [1.54, 1.807) is 16.4 Å². The minimum Gasteiger partial charge on any atom is -0.256 e. The largest absolute Gasteiger partial charge is 0.256 e. The molecule has 0 spiro atoms. The molecule has 5 heteroatoms. The second kappa shape index (κ2) is 6.42. The highest BCUT2D eigenvalue weighted by Gasteiger charge is 2.35. The molecule has 0 amide bonds. The van der Waals surface area contributed by atoms with Crippen molar-refractivity contribution in [2.75, 3.05) is 6.54 Å². The van der Waals surface area contributed by atoms with Crippen molar-refractivity contribution in [3.8, 4) is 0 Å². The van der Waals surface area contributed by atoms with Gasteiger partial charge in [0, 0.05) is 12.2 Å². The molecule has 0 aliphatic carbocycles. The van der Waals surface area contributed by atoms with Crippen molar-refractivity contribution in [2.24, 2.45) is 0 Å². The van der Waals surface area contributed by atoms with Crippen LogP contribution in [-0.4, -0.2) is 24.3 Å². The monoisotopic (exact) mass is 330 g/mol. The second-order valence-electron chi connectivity index (χ2n) is 6.14. The highest BCUT2D eigenvalue weighted by atomic mass is 32.2. The van der Waals surface area contributed by atoms with Crippen molar-refractivity contribution in [1.82, 2.24) is 9.29 Å². The molecule has 1 aromatic carbocycles. The van der Waals surface area contributed by atoms with Gasteiger partial charge in [0.2, 0.25) is 10.0 Å². The Morgan fingerprint density at radius 2 is 1.78 bits per heavy atom. The number of nitrogens with zero attached hydrogens (tertiary/aromatic N) is 2. The normalized spacial score (nSPS) is 19.7. The van der Waals surface area contributed by atoms with Crippen LogP contribution in [0.1, 0.15) is 42.3 Å². The maximum Gasteiger partial charge on any atom is 0.243 e. The number of hydrogen-bond acceptors (Lipinski definition) is 3. The van der Waals surface area contributed by atoms with Gasteiger partial charge in [-0.25, -0.2) is 8.42 Å². The summed E-state index contributed by atoms with van der Waals surface area (Å²) < 4.78 is 27.8. The van der Waals surface area contributed by atoms with Gasteiger partial charge in [-0.15, -0.1) is 0 Å². The number of piperidine rings is 1. The Bertz CT molecular complexity index is 785. The average Bonchev–Trinajstić information content (AvgIpc) is 2.55. The van der Waals surface area contributed by atoms with Crippen LogP contribution in [0.2, 0.25) is 0 Å². The van der Waals surface area contributed by atoms with Crippen LogP contribution in [0.3, 0.4) is 0 Å². The zero-order chi connectivity index (χ0) is 16.4. The summed E-state index contributed by atoms with van der Waals surface area (Å²) in [4.78, 5) is 4.93. The third kappa shape index (κ3) is 3.31. The molecule has 0 saturated carbocycles. The lowest BCUT2D eigenvalue weighted by Gasteiger charge is -2.34. The maximum atomic E-state index is 13.1. The highest BCUT2D eigenvalue weighted by molar-refractivity contribution is 7.89. The number of aryl methyl sites for hydroxylation is 2. The number of rotatable bonds is 3. The van der Waals surface area contributed by atoms with Crippen molar-refractivity contribution >= 4 is 10.0 Å². The van der Waals surface area contributed by atoms with Gasteiger partial charge in [0.15, 0.2) is 0 Å². The van der Waals surface area contributed by atoms with E-state index in [9.17, 15) is 8.42 Å². The van der Waals surface area contributed by atoms with Crippen LogP contribution >= 0.6 is 0 Å². The molecular formula is C18H22N2O2S. The summed E-state index contributed by atoms with van der Waals surface area (Å²) in [6.07, 6.45) is 2.75. The molecule has 3 rings (SSSR count). The Labute approximate surface area is 138 Å². The van der Waals surface area contributed by atoms with Gasteiger partial charge in [0.25, 0.3) is 0 Å². The SMILES string of the molecule is Cc1ccc(S(=O)(=O)N2CCCC[C@H]2c2cccc(C)n2)cc1. The van der Waals surface area contributed by atoms with Gasteiger partial charge in [-0.2, -0.15) is 4.31 Å². The smallest absolute Gasteiger partial charge is 0.243 e. The predicted molar refractivity (Wildman–Crippen MR) is 90.6 cm³/mol. The van der Waals surface area contributed by atoms with Crippen LogP contribution in [0, 0.1) is 13.8 Å². The van der Waals surface area contributed by atoms with Crippen molar-refractivity contribution in [1.29, 1.82) is 0 Å². The molecule has 2 aromatic rings. The van der Waals surface area contributed by atoms with Gasteiger partial charge in [0.05, 0.1) is 16.6 Å². The van der Waals surface area contributed by atoms with Gasteiger partial charge in [-0.3, -0.25) is 4.98 Å². The number of aromatic nitrogens is 1. The predicted octanol–water partition coefficient (Wildman–Crippen LogP) is 3.61. The van der Waals surface area contributed by atoms with Gasteiger partial charge in [0.1, 0.15) is 0 Å². The minimum atomic E-state index is -3.50. The molecule has 4 nitrogen and oxygen atoms in total. The summed E-state index contributed by atoms with van der Waals surface area (Å²) in [5.41, 5.74) is 2.82. The summed E-state index contributed by atoms with van der Waals surface area (Å²) in [7, 11) is -3.50. The molecule has 2 heterocycles. The first-order valence-electron chi connectivity index (χ1n) is 8.00. The van der Waals surface area contributed by atoms with Crippen molar-refractivity contribution < 1.29 is 8.42 Å². The van der Waals surface area contributed by atoms with E-state index in [2.05, 4.69) is 4.98 Å². The molecular weight excluding hydrogens is 308 g/mol. The van der Waals surface area contributed by atoms with E-state index < -0.39 is 10.0 Å². The fourth-order valence-electron chi connectivity index (χ4n) is 3.08. The average molecular weight is 330 g/mol. The molecule has 122 valence electrons. The maximum absolute atomic E-state index is 13.1. The molecule has 1 aromatic heterocycles. The first-order chi connectivity index (χ1) is 11.0. The molecule has 1 aliphatic rings. The Morgan fingerprint density at radius 3 is 2.48 bits per heavy atom.